The molecule has 0 atom stereocenters. The van der Waals surface area contributed by atoms with Gasteiger partial charge in [0.1, 0.15) is 0 Å². The molecule has 0 saturated heterocycles. The molecule has 0 bridgehead atoms. The molecule has 0 spiro atoms. The van der Waals surface area contributed by atoms with E-state index in [1.807, 2.05) is 36.6 Å². The summed E-state index contributed by atoms with van der Waals surface area (Å²) in [6.07, 6.45) is 7.69. The number of hydrogen-bond donors (Lipinski definition) is 1. The Morgan fingerprint density at radius 1 is 1.30 bits per heavy atom. The van der Waals surface area contributed by atoms with Crippen LogP contribution >= 0.6 is 34.5 Å². The van der Waals surface area contributed by atoms with E-state index in [1.54, 1.807) is 18.2 Å². The van der Waals surface area contributed by atoms with Crippen LogP contribution in [0.15, 0.2) is 54.5 Å². The summed E-state index contributed by atoms with van der Waals surface area (Å²) in [5.41, 5.74) is 2.71. The summed E-state index contributed by atoms with van der Waals surface area (Å²) in [5, 5.41) is 7.03. The highest BCUT2D eigenvalue weighted by Gasteiger charge is 2.06. The van der Waals surface area contributed by atoms with Crippen molar-refractivity contribution < 1.29 is 4.39 Å². The van der Waals surface area contributed by atoms with Gasteiger partial charge in [0, 0.05) is 16.6 Å². The minimum Gasteiger partial charge on any atom is -0.331 e. The fourth-order valence-corrected chi connectivity index (χ4v) is 2.66. The maximum absolute atomic E-state index is 9.50. The van der Waals surface area contributed by atoms with Gasteiger partial charge in [0.05, 0.1) is 22.9 Å². The average molecular weight is 371 g/mol. The molecule has 1 aromatic heterocycles. The van der Waals surface area contributed by atoms with Crippen LogP contribution in [0.1, 0.15) is 12.6 Å². The molecule has 0 aliphatic carbocycles. The van der Waals surface area contributed by atoms with Crippen molar-refractivity contribution >= 4 is 50.9 Å². The van der Waals surface area contributed by atoms with Crippen molar-refractivity contribution in [3.05, 3.63) is 70.2 Å². The molecule has 2 nitrogen and oxygen atoms in total. The number of nitrogens with zero attached hydrogens (tertiary/aromatic N) is 1. The zero-order chi connectivity index (χ0) is 17.2. The van der Waals surface area contributed by atoms with Crippen molar-refractivity contribution in [3.63, 3.8) is 0 Å². The van der Waals surface area contributed by atoms with E-state index in [9.17, 15) is 4.39 Å². The molecule has 0 fully saturated rings. The van der Waals surface area contributed by atoms with Crippen LogP contribution in [0.25, 0.3) is 5.57 Å². The normalized spacial score (nSPS) is 11.1. The zero-order valence-corrected chi connectivity index (χ0v) is 15.1. The molecule has 6 heteroatoms. The Kier molecular flexibility index (Phi) is 8.62. The molecule has 1 aromatic carbocycles. The Hall–Kier alpha value is -1.62. The van der Waals surface area contributed by atoms with Crippen LogP contribution in [0.5, 0.6) is 0 Å². The first-order valence-corrected chi connectivity index (χ1v) is 8.28. The van der Waals surface area contributed by atoms with Crippen molar-refractivity contribution in [2.75, 3.05) is 12.5 Å². The van der Waals surface area contributed by atoms with E-state index in [-0.39, 0.29) is 0 Å². The Morgan fingerprint density at radius 3 is 2.65 bits per heavy atom. The molecule has 1 N–H and O–H groups in total. The number of aromatic nitrogens is 1. The number of anilines is 2. The predicted octanol–water partition coefficient (Wildman–Crippen LogP) is 6.92. The van der Waals surface area contributed by atoms with Gasteiger partial charge in [-0.25, -0.2) is 4.98 Å². The minimum absolute atomic E-state index is 0.500. The Balaban J connectivity index is 0.00000127. The number of nitrogens with one attached hydrogen (secondary N) is 1. The SMILES string of the molecule is C=C/C(=C\C=C/C)c1csc(Nc2ccc(Cl)c(Cl)c2)n1.CF. The third-order valence-electron chi connectivity index (χ3n) is 2.66. The van der Waals surface area contributed by atoms with E-state index in [4.69, 9.17) is 23.2 Å². The Morgan fingerprint density at radius 2 is 2.04 bits per heavy atom. The van der Waals surface area contributed by atoms with Gasteiger partial charge in [-0.3, -0.25) is 4.39 Å². The monoisotopic (exact) mass is 370 g/mol. The molecule has 0 radical (unpaired) electrons. The summed E-state index contributed by atoms with van der Waals surface area (Å²) in [6, 6.07) is 5.39. The van der Waals surface area contributed by atoms with Gasteiger partial charge >= 0.3 is 0 Å². The van der Waals surface area contributed by atoms with Crippen molar-refractivity contribution in [2.45, 2.75) is 6.92 Å². The fraction of sp³-hybridized carbons (Fsp3) is 0.118. The van der Waals surface area contributed by atoms with Crippen molar-refractivity contribution in [3.8, 4) is 0 Å². The van der Waals surface area contributed by atoms with Crippen LogP contribution in [-0.2, 0) is 0 Å². The number of benzene rings is 1. The smallest absolute Gasteiger partial charge is 0.187 e. The summed E-state index contributed by atoms with van der Waals surface area (Å²) in [4.78, 5) is 4.54. The molecule has 0 aliphatic rings. The van der Waals surface area contributed by atoms with Gasteiger partial charge in [-0.05, 0) is 25.1 Å². The van der Waals surface area contributed by atoms with Gasteiger partial charge in [-0.1, -0.05) is 54.1 Å². The second kappa shape index (κ2) is 10.2. The maximum Gasteiger partial charge on any atom is 0.187 e. The molecule has 0 aliphatic heterocycles. The molecular weight excluding hydrogens is 354 g/mol. The summed E-state index contributed by atoms with van der Waals surface area (Å²) in [7, 11) is 0.500. The average Bonchev–Trinajstić information content (AvgIpc) is 3.02. The number of thiazole rings is 1. The molecule has 2 rings (SSSR count). The highest BCUT2D eigenvalue weighted by Crippen LogP contribution is 2.29. The number of alkyl halides is 1. The van der Waals surface area contributed by atoms with Gasteiger partial charge in [0.2, 0.25) is 0 Å². The molecule has 1 heterocycles. The third-order valence-corrected chi connectivity index (χ3v) is 4.16. The standard InChI is InChI=1S/C16H14Cl2N2S.CH3F/c1-3-5-6-11(4-2)15-10-21-16(20-15)19-12-7-8-13(17)14(18)9-12;1-2/h3-10H,2H2,1H3,(H,19,20);1H3/b5-3-,11-6+;. The second-order valence-electron chi connectivity index (χ2n) is 4.14. The zero-order valence-electron chi connectivity index (χ0n) is 12.8. The van der Waals surface area contributed by atoms with E-state index < -0.39 is 0 Å². The fourth-order valence-electron chi connectivity index (χ4n) is 1.62. The van der Waals surface area contributed by atoms with Gasteiger partial charge in [-0.2, -0.15) is 0 Å². The van der Waals surface area contributed by atoms with Crippen LogP contribution < -0.4 is 5.32 Å². The van der Waals surface area contributed by atoms with Crippen LogP contribution in [0.3, 0.4) is 0 Å². The lowest BCUT2D eigenvalue weighted by Crippen LogP contribution is -1.90. The molecular formula is C17H17Cl2FN2S. The second-order valence-corrected chi connectivity index (χ2v) is 5.82. The lowest BCUT2D eigenvalue weighted by atomic mass is 10.2. The molecule has 122 valence electrons. The number of allylic oxidation sites excluding steroid dienone is 5. The quantitative estimate of drug-likeness (QED) is 0.577. The van der Waals surface area contributed by atoms with Gasteiger partial charge in [0.25, 0.3) is 0 Å². The molecule has 0 unspecified atom stereocenters. The lowest BCUT2D eigenvalue weighted by Gasteiger charge is -2.03. The highest BCUT2D eigenvalue weighted by atomic mass is 35.5. The van der Waals surface area contributed by atoms with Gasteiger partial charge < -0.3 is 5.32 Å². The summed E-state index contributed by atoms with van der Waals surface area (Å²) in [5.74, 6) is 0. The van der Waals surface area contributed by atoms with E-state index >= 15 is 0 Å². The number of halogens is 3. The third kappa shape index (κ3) is 5.82. The largest absolute Gasteiger partial charge is 0.331 e. The molecule has 0 saturated carbocycles. The van der Waals surface area contributed by atoms with E-state index in [1.165, 1.54) is 11.3 Å². The predicted molar refractivity (Wildman–Crippen MR) is 102 cm³/mol. The van der Waals surface area contributed by atoms with Crippen LogP contribution in [0.2, 0.25) is 10.0 Å². The minimum atomic E-state index is 0.500. The molecule has 2 aromatic rings. The first kappa shape index (κ1) is 19.4. The Bertz CT molecular complexity index is 708. The van der Waals surface area contributed by atoms with Crippen molar-refractivity contribution in [1.29, 1.82) is 0 Å². The van der Waals surface area contributed by atoms with E-state index in [0.717, 1.165) is 22.1 Å². The van der Waals surface area contributed by atoms with E-state index in [0.29, 0.717) is 17.2 Å². The maximum atomic E-state index is 9.50. The van der Waals surface area contributed by atoms with Crippen LogP contribution in [0.4, 0.5) is 15.2 Å². The number of hydrogen-bond acceptors (Lipinski definition) is 3. The van der Waals surface area contributed by atoms with Crippen molar-refractivity contribution in [1.82, 2.24) is 4.98 Å². The van der Waals surface area contributed by atoms with Crippen molar-refractivity contribution in [2.24, 2.45) is 0 Å². The van der Waals surface area contributed by atoms with Crippen LogP contribution in [0, 0.1) is 0 Å². The summed E-state index contributed by atoms with van der Waals surface area (Å²) >= 11 is 13.4. The summed E-state index contributed by atoms with van der Waals surface area (Å²) in [6.45, 7) is 5.78. The topological polar surface area (TPSA) is 24.9 Å². The molecule has 0 amide bonds. The van der Waals surface area contributed by atoms with E-state index in [2.05, 4.69) is 16.9 Å². The first-order valence-electron chi connectivity index (χ1n) is 6.65. The highest BCUT2D eigenvalue weighted by molar-refractivity contribution is 7.13. The lowest BCUT2D eigenvalue weighted by molar-refractivity contribution is 0.636. The first-order chi connectivity index (χ1) is 11.1. The van der Waals surface area contributed by atoms with Crippen LogP contribution in [-0.4, -0.2) is 12.2 Å². The molecule has 23 heavy (non-hydrogen) atoms. The Labute approximate surface area is 150 Å². The van der Waals surface area contributed by atoms with Gasteiger partial charge in [-0.15, -0.1) is 11.3 Å². The number of rotatable bonds is 5. The summed E-state index contributed by atoms with van der Waals surface area (Å²) < 4.78 is 9.50. The van der Waals surface area contributed by atoms with Gasteiger partial charge in [0.15, 0.2) is 5.13 Å².